The van der Waals surface area contributed by atoms with E-state index in [1.807, 2.05) is 24.3 Å². The van der Waals surface area contributed by atoms with E-state index in [4.69, 9.17) is 0 Å². The van der Waals surface area contributed by atoms with Gasteiger partial charge in [0.2, 0.25) is 5.95 Å². The van der Waals surface area contributed by atoms with E-state index in [0.29, 0.717) is 5.82 Å². The normalized spacial score (nSPS) is 11.1. The van der Waals surface area contributed by atoms with E-state index in [0.717, 1.165) is 15.3 Å². The van der Waals surface area contributed by atoms with Gasteiger partial charge in [-0.15, -0.1) is 5.10 Å². The van der Waals surface area contributed by atoms with Gasteiger partial charge in [0.1, 0.15) is 0 Å². The van der Waals surface area contributed by atoms with Crippen molar-refractivity contribution in [2.75, 3.05) is 10.9 Å². The van der Waals surface area contributed by atoms with Gasteiger partial charge in [-0.2, -0.15) is 10.1 Å². The Morgan fingerprint density at radius 3 is 2.72 bits per heavy atom. The molecule has 0 amide bonds. The van der Waals surface area contributed by atoms with Crippen molar-refractivity contribution >= 4 is 33.7 Å². The summed E-state index contributed by atoms with van der Waals surface area (Å²) in [5.41, 5.74) is 5.39. The van der Waals surface area contributed by atoms with E-state index in [1.54, 1.807) is 13.2 Å². The van der Waals surface area contributed by atoms with Crippen LogP contribution in [0.5, 0.6) is 0 Å². The summed E-state index contributed by atoms with van der Waals surface area (Å²) in [6, 6.07) is 7.65. The average molecular weight is 338 g/mol. The molecule has 25 heavy (non-hydrogen) atoms. The van der Waals surface area contributed by atoms with Gasteiger partial charge in [-0.3, -0.25) is 24.8 Å². The fraction of sp³-hybridized carbons (Fsp3) is 0.133. The molecule has 1 aromatic carbocycles. The lowest BCUT2D eigenvalue weighted by Crippen LogP contribution is -2.36. The predicted octanol–water partition coefficient (Wildman–Crippen LogP) is 0.342. The SMILES string of the molecule is Cn1c(=O)c2[nH]c(NNc3nncc4ccccc34)nc2n(C)c1=O. The van der Waals surface area contributed by atoms with E-state index >= 15 is 0 Å². The number of nitrogens with zero attached hydrogens (tertiary/aromatic N) is 5. The molecular weight excluding hydrogens is 324 g/mol. The Kier molecular flexibility index (Phi) is 3.24. The van der Waals surface area contributed by atoms with Gasteiger partial charge >= 0.3 is 5.69 Å². The first-order valence-corrected chi connectivity index (χ1v) is 7.44. The third kappa shape index (κ3) is 2.31. The summed E-state index contributed by atoms with van der Waals surface area (Å²) in [5, 5.41) is 9.80. The minimum absolute atomic E-state index is 0.234. The number of nitrogens with one attached hydrogen (secondary N) is 3. The summed E-state index contributed by atoms with van der Waals surface area (Å²) in [5.74, 6) is 0.795. The van der Waals surface area contributed by atoms with Crippen molar-refractivity contribution in [1.29, 1.82) is 0 Å². The maximum absolute atomic E-state index is 12.2. The highest BCUT2D eigenvalue weighted by Gasteiger charge is 2.13. The first kappa shape index (κ1) is 14.9. The molecule has 0 aliphatic rings. The fourth-order valence-corrected chi connectivity index (χ4v) is 2.62. The Morgan fingerprint density at radius 1 is 1.08 bits per heavy atom. The third-order valence-corrected chi connectivity index (χ3v) is 3.96. The molecular formula is C15H14N8O2. The summed E-state index contributed by atoms with van der Waals surface area (Å²) >= 11 is 0. The topological polar surface area (TPSA) is 123 Å². The van der Waals surface area contributed by atoms with Crippen molar-refractivity contribution < 1.29 is 0 Å². The minimum atomic E-state index is -0.441. The molecule has 3 heterocycles. The highest BCUT2D eigenvalue weighted by atomic mass is 16.2. The third-order valence-electron chi connectivity index (χ3n) is 3.96. The van der Waals surface area contributed by atoms with Gasteiger partial charge in [-0.1, -0.05) is 24.3 Å². The molecule has 10 nitrogen and oxygen atoms in total. The number of rotatable bonds is 3. The van der Waals surface area contributed by atoms with E-state index in [1.165, 1.54) is 11.6 Å². The zero-order valence-electron chi connectivity index (χ0n) is 13.4. The second-order valence-corrected chi connectivity index (χ2v) is 5.52. The Balaban J connectivity index is 1.72. The Hall–Kier alpha value is -3.69. The van der Waals surface area contributed by atoms with Gasteiger partial charge < -0.3 is 4.98 Å². The number of hydrogen-bond acceptors (Lipinski definition) is 7. The maximum atomic E-state index is 12.2. The first-order valence-electron chi connectivity index (χ1n) is 7.44. The molecule has 0 saturated heterocycles. The molecule has 0 aliphatic heterocycles. The molecule has 0 unspecified atom stereocenters. The van der Waals surface area contributed by atoms with Crippen LogP contribution < -0.4 is 22.1 Å². The number of anilines is 2. The number of H-pyrrole nitrogens is 1. The lowest BCUT2D eigenvalue weighted by Gasteiger charge is -2.07. The summed E-state index contributed by atoms with van der Waals surface area (Å²) in [4.78, 5) is 31.2. The zero-order valence-corrected chi connectivity index (χ0v) is 13.4. The van der Waals surface area contributed by atoms with Gasteiger partial charge in [-0.25, -0.2) is 4.79 Å². The predicted molar refractivity (Wildman–Crippen MR) is 93.4 cm³/mol. The maximum Gasteiger partial charge on any atom is 0.332 e. The van der Waals surface area contributed by atoms with Crippen LogP contribution in [0.4, 0.5) is 11.8 Å². The second kappa shape index (κ2) is 5.44. The van der Waals surface area contributed by atoms with Crippen LogP contribution in [0.15, 0.2) is 40.1 Å². The molecule has 0 aliphatic carbocycles. The van der Waals surface area contributed by atoms with Crippen molar-refractivity contribution in [3.63, 3.8) is 0 Å². The van der Waals surface area contributed by atoms with Crippen molar-refractivity contribution in [2.45, 2.75) is 0 Å². The molecule has 0 radical (unpaired) electrons. The molecule has 126 valence electrons. The highest BCUT2D eigenvalue weighted by Crippen LogP contribution is 2.19. The van der Waals surface area contributed by atoms with Crippen molar-refractivity contribution in [3.05, 3.63) is 51.3 Å². The van der Waals surface area contributed by atoms with E-state index in [2.05, 4.69) is 31.0 Å². The minimum Gasteiger partial charge on any atom is -0.317 e. The van der Waals surface area contributed by atoms with Crippen molar-refractivity contribution in [1.82, 2.24) is 29.3 Å². The van der Waals surface area contributed by atoms with Crippen LogP contribution in [0.25, 0.3) is 21.9 Å². The standard InChI is InChI=1S/C15H14N8O2/c1-22-12-10(13(24)23(2)15(22)25)17-14(18-12)21-20-11-9-6-4-3-5-8(9)7-16-19-11/h3-7H,1-2H3,(H,19,20)(H2,17,18,21). The van der Waals surface area contributed by atoms with Gasteiger partial charge in [0, 0.05) is 24.9 Å². The van der Waals surface area contributed by atoms with E-state index in [9.17, 15) is 9.59 Å². The Bertz CT molecular complexity index is 1210. The lowest BCUT2D eigenvalue weighted by molar-refractivity contribution is 0.709. The molecule has 0 fully saturated rings. The lowest BCUT2D eigenvalue weighted by atomic mass is 10.2. The highest BCUT2D eigenvalue weighted by molar-refractivity contribution is 5.91. The number of hydrogen-bond donors (Lipinski definition) is 3. The molecule has 10 heteroatoms. The number of aromatic amines is 1. The molecule has 4 rings (SSSR count). The summed E-state index contributed by atoms with van der Waals surface area (Å²) < 4.78 is 2.32. The van der Waals surface area contributed by atoms with E-state index < -0.39 is 11.2 Å². The number of aryl methyl sites for hydroxylation is 1. The van der Waals surface area contributed by atoms with E-state index in [-0.39, 0.29) is 17.1 Å². The number of fused-ring (bicyclic) bond motifs is 2. The largest absolute Gasteiger partial charge is 0.332 e. The fourth-order valence-electron chi connectivity index (χ4n) is 2.62. The molecule has 0 bridgehead atoms. The number of hydrazine groups is 1. The van der Waals surface area contributed by atoms with Crippen LogP contribution in [0.3, 0.4) is 0 Å². The van der Waals surface area contributed by atoms with Crippen molar-refractivity contribution in [3.8, 4) is 0 Å². The zero-order chi connectivity index (χ0) is 17.6. The van der Waals surface area contributed by atoms with Gasteiger partial charge in [0.15, 0.2) is 17.0 Å². The number of aromatic nitrogens is 6. The average Bonchev–Trinajstić information content (AvgIpc) is 3.07. The molecule has 0 atom stereocenters. The second-order valence-electron chi connectivity index (χ2n) is 5.52. The van der Waals surface area contributed by atoms with Gasteiger partial charge in [-0.05, 0) is 0 Å². The summed E-state index contributed by atoms with van der Waals surface area (Å²) in [6.07, 6.45) is 1.67. The van der Waals surface area contributed by atoms with Gasteiger partial charge in [0.05, 0.1) is 6.20 Å². The van der Waals surface area contributed by atoms with Crippen LogP contribution in [0.2, 0.25) is 0 Å². The molecule has 4 aromatic rings. The van der Waals surface area contributed by atoms with Crippen LogP contribution in [0.1, 0.15) is 0 Å². The smallest absolute Gasteiger partial charge is 0.317 e. The van der Waals surface area contributed by atoms with Crippen molar-refractivity contribution in [2.24, 2.45) is 14.1 Å². The van der Waals surface area contributed by atoms with Crippen LogP contribution in [0, 0.1) is 0 Å². The van der Waals surface area contributed by atoms with Crippen LogP contribution in [-0.4, -0.2) is 29.3 Å². The summed E-state index contributed by atoms with van der Waals surface area (Å²) in [6.45, 7) is 0. The van der Waals surface area contributed by atoms with Crippen LogP contribution >= 0.6 is 0 Å². The Labute approximate surface area is 140 Å². The number of benzene rings is 1. The summed E-state index contributed by atoms with van der Waals surface area (Å²) in [7, 11) is 2.97. The van der Waals surface area contributed by atoms with Crippen LogP contribution in [-0.2, 0) is 14.1 Å². The monoisotopic (exact) mass is 338 g/mol. The van der Waals surface area contributed by atoms with Gasteiger partial charge in [0.25, 0.3) is 5.56 Å². The Morgan fingerprint density at radius 2 is 1.88 bits per heavy atom. The quantitative estimate of drug-likeness (QED) is 0.460. The molecule has 0 spiro atoms. The molecule has 3 aromatic heterocycles. The molecule has 3 N–H and O–H groups in total. The molecule has 0 saturated carbocycles. The number of imidazole rings is 1. The first-order chi connectivity index (χ1) is 12.1.